The third kappa shape index (κ3) is 2.78. The van der Waals surface area contributed by atoms with E-state index in [9.17, 15) is 5.11 Å². The summed E-state index contributed by atoms with van der Waals surface area (Å²) in [6, 6.07) is 7.05. The highest BCUT2D eigenvalue weighted by molar-refractivity contribution is 7.98. The Kier molecular flexibility index (Phi) is 3.99. The van der Waals surface area contributed by atoms with Crippen molar-refractivity contribution in [2.24, 2.45) is 0 Å². The van der Waals surface area contributed by atoms with Crippen molar-refractivity contribution < 1.29 is 9.84 Å². The van der Waals surface area contributed by atoms with Gasteiger partial charge in [-0.1, -0.05) is 23.9 Å². The number of rotatable bonds is 3. The van der Waals surface area contributed by atoms with Gasteiger partial charge in [0.1, 0.15) is 17.0 Å². The third-order valence-corrected chi connectivity index (χ3v) is 4.50. The maximum Gasteiger partial charge on any atom is 0.228 e. The van der Waals surface area contributed by atoms with E-state index in [0.717, 1.165) is 23.8 Å². The van der Waals surface area contributed by atoms with Crippen molar-refractivity contribution in [3.8, 4) is 17.0 Å². The van der Waals surface area contributed by atoms with E-state index >= 15 is 0 Å². The molecule has 1 aliphatic rings. The second kappa shape index (κ2) is 6.29. The molecule has 1 aromatic carbocycles. The van der Waals surface area contributed by atoms with Crippen molar-refractivity contribution in [1.29, 1.82) is 0 Å². The SMILES string of the molecule is CSc1nc2c(-c3cccc(O)c3)nc(N3CCOCC3)nc2[nH]1. The molecule has 3 aromatic rings. The largest absolute Gasteiger partial charge is 0.508 e. The van der Waals surface area contributed by atoms with E-state index in [2.05, 4.69) is 19.9 Å². The molecule has 3 heterocycles. The Bertz CT molecular complexity index is 876. The lowest BCUT2D eigenvalue weighted by Gasteiger charge is -2.26. The Hall–Kier alpha value is -2.32. The number of H-pyrrole nitrogens is 1. The van der Waals surface area contributed by atoms with Crippen LogP contribution < -0.4 is 4.90 Å². The molecule has 2 aromatic heterocycles. The number of hydrogen-bond acceptors (Lipinski definition) is 7. The van der Waals surface area contributed by atoms with Crippen molar-refractivity contribution in [3.63, 3.8) is 0 Å². The first-order valence-electron chi connectivity index (χ1n) is 7.68. The monoisotopic (exact) mass is 343 g/mol. The molecule has 1 aliphatic heterocycles. The molecule has 124 valence electrons. The average molecular weight is 343 g/mol. The van der Waals surface area contributed by atoms with Crippen LogP contribution in [0, 0.1) is 0 Å². The molecule has 0 atom stereocenters. The molecule has 24 heavy (non-hydrogen) atoms. The summed E-state index contributed by atoms with van der Waals surface area (Å²) in [5, 5.41) is 10.6. The number of anilines is 1. The number of nitrogens with zero attached hydrogens (tertiary/aromatic N) is 4. The molecular formula is C16H17N5O2S. The van der Waals surface area contributed by atoms with Gasteiger partial charge in [-0.15, -0.1) is 0 Å². The van der Waals surface area contributed by atoms with Crippen LogP contribution >= 0.6 is 11.8 Å². The highest BCUT2D eigenvalue weighted by Gasteiger charge is 2.19. The van der Waals surface area contributed by atoms with Crippen LogP contribution in [0.4, 0.5) is 5.95 Å². The molecule has 4 rings (SSSR count). The van der Waals surface area contributed by atoms with Crippen LogP contribution in [0.2, 0.25) is 0 Å². The molecule has 7 nitrogen and oxygen atoms in total. The molecule has 0 unspecified atom stereocenters. The first-order chi connectivity index (χ1) is 11.7. The zero-order valence-corrected chi connectivity index (χ0v) is 14.0. The molecule has 2 N–H and O–H groups in total. The van der Waals surface area contributed by atoms with Crippen LogP contribution in [0.25, 0.3) is 22.4 Å². The summed E-state index contributed by atoms with van der Waals surface area (Å²) in [5.41, 5.74) is 2.95. The number of phenols is 1. The molecular weight excluding hydrogens is 326 g/mol. The van der Waals surface area contributed by atoms with E-state index < -0.39 is 0 Å². The highest BCUT2D eigenvalue weighted by Crippen LogP contribution is 2.30. The topological polar surface area (TPSA) is 87.2 Å². The Morgan fingerprint density at radius 2 is 2.04 bits per heavy atom. The molecule has 0 aliphatic carbocycles. The van der Waals surface area contributed by atoms with Gasteiger partial charge < -0.3 is 19.7 Å². The Morgan fingerprint density at radius 1 is 1.21 bits per heavy atom. The van der Waals surface area contributed by atoms with E-state index in [-0.39, 0.29) is 5.75 Å². The highest BCUT2D eigenvalue weighted by atomic mass is 32.2. The predicted molar refractivity (Wildman–Crippen MR) is 93.6 cm³/mol. The van der Waals surface area contributed by atoms with Crippen LogP contribution in [0.3, 0.4) is 0 Å². The molecule has 0 amide bonds. The maximum absolute atomic E-state index is 9.81. The number of benzene rings is 1. The number of ether oxygens (including phenoxy) is 1. The van der Waals surface area contributed by atoms with E-state index in [1.807, 2.05) is 12.3 Å². The number of fused-ring (bicyclic) bond motifs is 1. The fraction of sp³-hybridized carbons (Fsp3) is 0.312. The van der Waals surface area contributed by atoms with E-state index in [1.165, 1.54) is 11.8 Å². The molecule has 0 radical (unpaired) electrons. The van der Waals surface area contributed by atoms with Crippen molar-refractivity contribution >= 4 is 28.9 Å². The average Bonchev–Trinajstić information content (AvgIpc) is 3.05. The fourth-order valence-electron chi connectivity index (χ4n) is 2.72. The van der Waals surface area contributed by atoms with Gasteiger partial charge in [-0.25, -0.2) is 9.97 Å². The molecule has 0 saturated carbocycles. The van der Waals surface area contributed by atoms with Crippen LogP contribution in [0.5, 0.6) is 5.75 Å². The van der Waals surface area contributed by atoms with Gasteiger partial charge in [0, 0.05) is 18.7 Å². The van der Waals surface area contributed by atoms with E-state index in [1.54, 1.807) is 18.2 Å². The molecule has 8 heteroatoms. The number of aromatic nitrogens is 4. The van der Waals surface area contributed by atoms with Gasteiger partial charge in [-0.3, -0.25) is 0 Å². The number of imidazole rings is 1. The van der Waals surface area contributed by atoms with Crippen LogP contribution in [0.1, 0.15) is 0 Å². The van der Waals surface area contributed by atoms with Crippen molar-refractivity contribution in [1.82, 2.24) is 19.9 Å². The van der Waals surface area contributed by atoms with Gasteiger partial charge in [-0.05, 0) is 18.4 Å². The number of morpholine rings is 1. The standard InChI is InChI=1S/C16H17N5O2S/c1-24-16-18-13-12(10-3-2-4-11(22)9-10)17-15(19-14(13)20-16)21-5-7-23-8-6-21/h2-4,9,22H,5-8H2,1H3,(H,17,18,19,20). The molecule has 0 spiro atoms. The summed E-state index contributed by atoms with van der Waals surface area (Å²) >= 11 is 1.53. The second-order valence-electron chi connectivity index (χ2n) is 5.47. The van der Waals surface area contributed by atoms with Gasteiger partial charge >= 0.3 is 0 Å². The summed E-state index contributed by atoms with van der Waals surface area (Å²) < 4.78 is 5.41. The van der Waals surface area contributed by atoms with Crippen LogP contribution in [-0.2, 0) is 4.74 Å². The summed E-state index contributed by atoms with van der Waals surface area (Å²) in [7, 11) is 0. The van der Waals surface area contributed by atoms with E-state index in [0.29, 0.717) is 36.0 Å². The Morgan fingerprint density at radius 3 is 2.79 bits per heavy atom. The van der Waals surface area contributed by atoms with Crippen LogP contribution in [0.15, 0.2) is 29.4 Å². The number of aromatic amines is 1. The van der Waals surface area contributed by atoms with Gasteiger partial charge in [-0.2, -0.15) is 4.98 Å². The zero-order valence-electron chi connectivity index (χ0n) is 13.2. The number of nitrogens with one attached hydrogen (secondary N) is 1. The van der Waals surface area contributed by atoms with Gasteiger partial charge in [0.25, 0.3) is 0 Å². The fourth-order valence-corrected chi connectivity index (χ4v) is 3.10. The molecule has 1 saturated heterocycles. The van der Waals surface area contributed by atoms with Crippen LogP contribution in [-0.4, -0.2) is 57.6 Å². The maximum atomic E-state index is 9.81. The third-order valence-electron chi connectivity index (χ3n) is 3.92. The Balaban J connectivity index is 1.89. The number of hydrogen-bond donors (Lipinski definition) is 2. The lowest BCUT2D eigenvalue weighted by molar-refractivity contribution is 0.122. The summed E-state index contributed by atoms with van der Waals surface area (Å²) in [4.78, 5) is 19.3. The molecule has 0 bridgehead atoms. The normalized spacial score (nSPS) is 15.1. The summed E-state index contributed by atoms with van der Waals surface area (Å²) in [6.07, 6.45) is 1.96. The second-order valence-corrected chi connectivity index (χ2v) is 6.26. The summed E-state index contributed by atoms with van der Waals surface area (Å²) in [6.45, 7) is 2.85. The van der Waals surface area contributed by atoms with Gasteiger partial charge in [0.2, 0.25) is 5.95 Å². The van der Waals surface area contributed by atoms with E-state index in [4.69, 9.17) is 9.72 Å². The smallest absolute Gasteiger partial charge is 0.228 e. The minimum atomic E-state index is 0.202. The number of phenolic OH excluding ortho intramolecular Hbond substituents is 1. The lowest BCUT2D eigenvalue weighted by atomic mass is 10.1. The van der Waals surface area contributed by atoms with Gasteiger partial charge in [0.05, 0.1) is 13.2 Å². The molecule has 1 fully saturated rings. The summed E-state index contributed by atoms with van der Waals surface area (Å²) in [5.74, 6) is 0.855. The predicted octanol–water partition coefficient (Wildman–Crippen LogP) is 2.28. The zero-order chi connectivity index (χ0) is 16.5. The minimum absolute atomic E-state index is 0.202. The lowest BCUT2D eigenvalue weighted by Crippen LogP contribution is -2.37. The number of aromatic hydroxyl groups is 1. The Labute approximate surface area is 143 Å². The van der Waals surface area contributed by atoms with Crippen molar-refractivity contribution in [2.75, 3.05) is 37.5 Å². The van der Waals surface area contributed by atoms with Crippen molar-refractivity contribution in [3.05, 3.63) is 24.3 Å². The van der Waals surface area contributed by atoms with Gasteiger partial charge in [0.15, 0.2) is 10.8 Å². The quantitative estimate of drug-likeness (QED) is 0.706. The minimum Gasteiger partial charge on any atom is -0.508 e. The first kappa shape index (κ1) is 15.2. The first-order valence-corrected chi connectivity index (χ1v) is 8.91. The number of thioether (sulfide) groups is 1. The van der Waals surface area contributed by atoms with Crippen molar-refractivity contribution in [2.45, 2.75) is 5.16 Å².